The maximum atomic E-state index is 12.8. The molecule has 172 valence electrons. The lowest BCUT2D eigenvalue weighted by molar-refractivity contribution is -0.153. The second-order valence-corrected chi connectivity index (χ2v) is 8.40. The second-order valence-electron chi connectivity index (χ2n) is 8.40. The van der Waals surface area contributed by atoms with Crippen molar-refractivity contribution >= 4 is 18.0 Å². The molecule has 1 fully saturated rings. The highest BCUT2D eigenvalue weighted by atomic mass is 16.6. The average Bonchev–Trinajstić information content (AvgIpc) is 2.76. The SMILES string of the molecule is COC(=O)C(CC(C)C)NCC[C@]1(C(=O)O)CCCCN1C(=O)OCc1ccccc1. The number of hydrogen-bond donors (Lipinski definition) is 2. The second kappa shape index (κ2) is 11.7. The van der Waals surface area contributed by atoms with Gasteiger partial charge in [-0.1, -0.05) is 44.2 Å². The van der Waals surface area contributed by atoms with E-state index in [1.807, 2.05) is 44.2 Å². The maximum Gasteiger partial charge on any atom is 0.411 e. The molecule has 1 saturated heterocycles. The third kappa shape index (κ3) is 6.69. The number of rotatable bonds is 10. The number of benzene rings is 1. The number of amides is 1. The molecular formula is C23H34N2O6. The molecule has 31 heavy (non-hydrogen) atoms. The van der Waals surface area contributed by atoms with Crippen molar-refractivity contribution in [2.24, 2.45) is 5.92 Å². The lowest BCUT2D eigenvalue weighted by Crippen LogP contribution is -2.60. The normalized spacial score (nSPS) is 19.7. The van der Waals surface area contributed by atoms with Gasteiger partial charge in [0, 0.05) is 6.54 Å². The number of methoxy groups -OCH3 is 1. The van der Waals surface area contributed by atoms with Crippen LogP contribution in [0.15, 0.2) is 30.3 Å². The summed E-state index contributed by atoms with van der Waals surface area (Å²) in [6, 6.07) is 8.76. The molecule has 1 aromatic rings. The molecule has 1 amide bonds. The van der Waals surface area contributed by atoms with Gasteiger partial charge in [0.2, 0.25) is 0 Å². The fourth-order valence-corrected chi connectivity index (χ4v) is 4.02. The van der Waals surface area contributed by atoms with Gasteiger partial charge >= 0.3 is 18.0 Å². The van der Waals surface area contributed by atoms with Crippen molar-refractivity contribution in [1.82, 2.24) is 10.2 Å². The third-order valence-corrected chi connectivity index (χ3v) is 5.68. The Morgan fingerprint density at radius 1 is 1.19 bits per heavy atom. The summed E-state index contributed by atoms with van der Waals surface area (Å²) in [5.74, 6) is -1.16. The summed E-state index contributed by atoms with van der Waals surface area (Å²) in [6.07, 6.45) is 1.90. The number of esters is 1. The Morgan fingerprint density at radius 2 is 1.90 bits per heavy atom. The maximum absolute atomic E-state index is 12.8. The van der Waals surface area contributed by atoms with Crippen molar-refractivity contribution < 1.29 is 29.0 Å². The summed E-state index contributed by atoms with van der Waals surface area (Å²) in [5.41, 5.74) is -0.526. The van der Waals surface area contributed by atoms with Gasteiger partial charge in [0.05, 0.1) is 7.11 Å². The van der Waals surface area contributed by atoms with Crippen molar-refractivity contribution in [3.05, 3.63) is 35.9 Å². The zero-order chi connectivity index (χ0) is 22.9. The molecule has 2 atom stereocenters. The van der Waals surface area contributed by atoms with Gasteiger partial charge in [-0.3, -0.25) is 9.69 Å². The van der Waals surface area contributed by atoms with Gasteiger partial charge in [0.1, 0.15) is 18.2 Å². The van der Waals surface area contributed by atoms with Crippen LogP contribution in [0, 0.1) is 5.92 Å². The molecule has 0 spiro atoms. The van der Waals surface area contributed by atoms with Crippen LogP contribution in [0.3, 0.4) is 0 Å². The number of carbonyl (C=O) groups excluding carboxylic acids is 2. The van der Waals surface area contributed by atoms with Crippen LogP contribution >= 0.6 is 0 Å². The van der Waals surface area contributed by atoms with E-state index in [0.29, 0.717) is 25.8 Å². The summed E-state index contributed by atoms with van der Waals surface area (Å²) < 4.78 is 10.3. The van der Waals surface area contributed by atoms with Crippen molar-refractivity contribution in [3.63, 3.8) is 0 Å². The first kappa shape index (κ1) is 24.7. The first-order valence-corrected chi connectivity index (χ1v) is 10.8. The molecule has 2 N–H and O–H groups in total. The Hall–Kier alpha value is -2.61. The average molecular weight is 435 g/mol. The predicted octanol–water partition coefficient (Wildman–Crippen LogP) is 3.20. The highest BCUT2D eigenvalue weighted by Crippen LogP contribution is 2.32. The fraction of sp³-hybridized carbons (Fsp3) is 0.609. The third-order valence-electron chi connectivity index (χ3n) is 5.68. The molecule has 8 nitrogen and oxygen atoms in total. The van der Waals surface area contributed by atoms with Crippen LogP contribution in [0.5, 0.6) is 0 Å². The van der Waals surface area contributed by atoms with E-state index < -0.39 is 23.6 Å². The van der Waals surface area contributed by atoms with E-state index in [1.165, 1.54) is 12.0 Å². The van der Waals surface area contributed by atoms with Crippen LogP contribution in [0.4, 0.5) is 4.79 Å². The van der Waals surface area contributed by atoms with Crippen molar-refractivity contribution in [2.45, 2.75) is 64.1 Å². The molecule has 0 aromatic heterocycles. The Morgan fingerprint density at radius 3 is 2.52 bits per heavy atom. The minimum atomic E-state index is -1.36. The monoisotopic (exact) mass is 434 g/mol. The number of ether oxygens (including phenoxy) is 2. The van der Waals surface area contributed by atoms with E-state index in [1.54, 1.807) is 0 Å². The Labute approximate surface area is 183 Å². The highest BCUT2D eigenvalue weighted by Gasteiger charge is 2.48. The number of carboxylic acids is 1. The van der Waals surface area contributed by atoms with E-state index in [9.17, 15) is 19.5 Å². The Kier molecular flexibility index (Phi) is 9.30. The quantitative estimate of drug-likeness (QED) is 0.545. The van der Waals surface area contributed by atoms with Crippen LogP contribution in [0.25, 0.3) is 0 Å². The number of hydrogen-bond acceptors (Lipinski definition) is 6. The van der Waals surface area contributed by atoms with Crippen LogP contribution < -0.4 is 5.32 Å². The molecule has 2 rings (SSSR count). The molecule has 1 aliphatic heterocycles. The van der Waals surface area contributed by atoms with E-state index in [0.717, 1.165) is 12.0 Å². The molecule has 0 radical (unpaired) electrons. The molecule has 1 heterocycles. The first-order chi connectivity index (χ1) is 14.8. The lowest BCUT2D eigenvalue weighted by atomic mass is 9.83. The van der Waals surface area contributed by atoms with Gasteiger partial charge < -0.3 is 19.9 Å². The predicted molar refractivity (Wildman–Crippen MR) is 115 cm³/mol. The summed E-state index contributed by atoms with van der Waals surface area (Å²) in [5, 5.41) is 13.2. The summed E-state index contributed by atoms with van der Waals surface area (Å²) >= 11 is 0. The largest absolute Gasteiger partial charge is 0.479 e. The minimum absolute atomic E-state index is 0.0862. The van der Waals surface area contributed by atoms with Crippen molar-refractivity contribution in [3.8, 4) is 0 Å². The van der Waals surface area contributed by atoms with E-state index in [4.69, 9.17) is 9.47 Å². The van der Waals surface area contributed by atoms with Gasteiger partial charge in [0.25, 0.3) is 0 Å². The molecular weight excluding hydrogens is 400 g/mol. The number of carboxylic acid groups (broad SMARTS) is 1. The Balaban J connectivity index is 2.07. The number of nitrogens with zero attached hydrogens (tertiary/aromatic N) is 1. The van der Waals surface area contributed by atoms with E-state index >= 15 is 0 Å². The molecule has 1 aromatic carbocycles. The van der Waals surface area contributed by atoms with Gasteiger partial charge in [-0.2, -0.15) is 0 Å². The van der Waals surface area contributed by atoms with Crippen LogP contribution in [-0.2, 0) is 25.7 Å². The standard InChI is InChI=1S/C23H34N2O6/c1-17(2)15-19(20(26)30-3)24-13-12-23(21(27)28)11-7-8-14-25(23)22(29)31-16-18-9-5-4-6-10-18/h4-6,9-10,17,19,24H,7-8,11-16H2,1-3H3,(H,27,28)/t19?,23-/m0/s1. The first-order valence-electron chi connectivity index (χ1n) is 10.8. The fourth-order valence-electron chi connectivity index (χ4n) is 4.02. The van der Waals surface area contributed by atoms with Crippen molar-refractivity contribution in [2.75, 3.05) is 20.2 Å². The van der Waals surface area contributed by atoms with Crippen molar-refractivity contribution in [1.29, 1.82) is 0 Å². The van der Waals surface area contributed by atoms with Crippen LogP contribution in [0.2, 0.25) is 0 Å². The summed E-state index contributed by atoms with van der Waals surface area (Å²) in [4.78, 5) is 38.6. The molecule has 0 bridgehead atoms. The van der Waals surface area contributed by atoms with Gasteiger partial charge in [-0.25, -0.2) is 9.59 Å². The molecule has 1 unspecified atom stereocenters. The topological polar surface area (TPSA) is 105 Å². The minimum Gasteiger partial charge on any atom is -0.479 e. The van der Waals surface area contributed by atoms with Crippen LogP contribution in [-0.4, -0.2) is 59.8 Å². The Bertz CT molecular complexity index is 739. The molecule has 1 aliphatic rings. The zero-order valence-electron chi connectivity index (χ0n) is 18.6. The molecule has 8 heteroatoms. The lowest BCUT2D eigenvalue weighted by Gasteiger charge is -2.43. The zero-order valence-corrected chi connectivity index (χ0v) is 18.6. The number of likely N-dealkylation sites (tertiary alicyclic amines) is 1. The number of piperidine rings is 1. The number of aliphatic carboxylic acids is 1. The van der Waals surface area contributed by atoms with E-state index in [-0.39, 0.29) is 31.5 Å². The molecule has 0 aliphatic carbocycles. The number of nitrogens with one attached hydrogen (secondary N) is 1. The summed E-state index contributed by atoms with van der Waals surface area (Å²) in [6.45, 7) is 4.68. The highest BCUT2D eigenvalue weighted by molar-refractivity contribution is 5.84. The smallest absolute Gasteiger partial charge is 0.411 e. The van der Waals surface area contributed by atoms with Crippen LogP contribution in [0.1, 0.15) is 51.5 Å². The van der Waals surface area contributed by atoms with Gasteiger partial charge in [-0.15, -0.1) is 0 Å². The summed E-state index contributed by atoms with van der Waals surface area (Å²) in [7, 11) is 1.34. The number of carbonyl (C=O) groups is 3. The molecule has 0 saturated carbocycles. The van der Waals surface area contributed by atoms with Gasteiger partial charge in [-0.05, 0) is 50.1 Å². The van der Waals surface area contributed by atoms with Gasteiger partial charge in [0.15, 0.2) is 0 Å². The van der Waals surface area contributed by atoms with E-state index in [2.05, 4.69) is 5.32 Å².